The minimum atomic E-state index is 0.103. The summed E-state index contributed by atoms with van der Waals surface area (Å²) in [6.45, 7) is 4.36. The predicted molar refractivity (Wildman–Crippen MR) is 93.2 cm³/mol. The van der Waals surface area contributed by atoms with Crippen LogP contribution in [0.15, 0.2) is 54.6 Å². The summed E-state index contributed by atoms with van der Waals surface area (Å²) < 4.78 is 0. The SMILES string of the molecule is CC[C@H](C)c1ccccc1NC(=O)CCCc1ccccc1. The summed E-state index contributed by atoms with van der Waals surface area (Å²) in [5, 5.41) is 3.07. The molecule has 1 atom stereocenters. The molecule has 0 aliphatic carbocycles. The first kappa shape index (κ1) is 16.3. The molecule has 0 heterocycles. The van der Waals surface area contributed by atoms with E-state index < -0.39 is 0 Å². The van der Waals surface area contributed by atoms with Gasteiger partial charge in [-0.1, -0.05) is 62.4 Å². The monoisotopic (exact) mass is 295 g/mol. The lowest BCUT2D eigenvalue weighted by Gasteiger charge is -2.15. The molecule has 0 aliphatic rings. The zero-order chi connectivity index (χ0) is 15.8. The maximum absolute atomic E-state index is 12.2. The van der Waals surface area contributed by atoms with Gasteiger partial charge in [-0.3, -0.25) is 4.79 Å². The summed E-state index contributed by atoms with van der Waals surface area (Å²) in [7, 11) is 0. The van der Waals surface area contributed by atoms with E-state index in [0.29, 0.717) is 12.3 Å². The summed E-state index contributed by atoms with van der Waals surface area (Å²) in [5.74, 6) is 0.563. The zero-order valence-corrected chi connectivity index (χ0v) is 13.5. The molecule has 2 aromatic carbocycles. The summed E-state index contributed by atoms with van der Waals surface area (Å²) in [6, 6.07) is 18.4. The van der Waals surface area contributed by atoms with E-state index in [0.717, 1.165) is 24.9 Å². The molecule has 2 nitrogen and oxygen atoms in total. The molecule has 1 amide bonds. The van der Waals surface area contributed by atoms with Gasteiger partial charge in [-0.15, -0.1) is 0 Å². The summed E-state index contributed by atoms with van der Waals surface area (Å²) in [6.07, 6.45) is 3.45. The molecular formula is C20H25NO. The Morgan fingerprint density at radius 1 is 1.05 bits per heavy atom. The topological polar surface area (TPSA) is 29.1 Å². The van der Waals surface area contributed by atoms with E-state index in [9.17, 15) is 4.79 Å². The van der Waals surface area contributed by atoms with Gasteiger partial charge in [0.15, 0.2) is 0 Å². The van der Waals surface area contributed by atoms with Crippen molar-refractivity contribution < 1.29 is 4.79 Å². The summed E-state index contributed by atoms with van der Waals surface area (Å²) in [4.78, 5) is 12.2. The Hall–Kier alpha value is -2.09. The molecule has 0 spiro atoms. The highest BCUT2D eigenvalue weighted by Crippen LogP contribution is 2.26. The fourth-order valence-corrected chi connectivity index (χ4v) is 2.57. The van der Waals surface area contributed by atoms with Crippen LogP contribution in [-0.4, -0.2) is 5.91 Å². The van der Waals surface area contributed by atoms with Crippen molar-refractivity contribution in [2.45, 2.75) is 45.4 Å². The van der Waals surface area contributed by atoms with Gasteiger partial charge in [-0.25, -0.2) is 0 Å². The first-order valence-corrected chi connectivity index (χ1v) is 8.13. The molecule has 0 saturated heterocycles. The molecule has 0 aliphatic heterocycles. The van der Waals surface area contributed by atoms with E-state index in [1.807, 2.05) is 36.4 Å². The van der Waals surface area contributed by atoms with Crippen LogP contribution in [0, 0.1) is 0 Å². The van der Waals surface area contributed by atoms with Gasteiger partial charge in [0.2, 0.25) is 5.91 Å². The van der Waals surface area contributed by atoms with Gasteiger partial charge in [-0.05, 0) is 42.4 Å². The largest absolute Gasteiger partial charge is 0.326 e. The lowest BCUT2D eigenvalue weighted by Crippen LogP contribution is -2.13. The molecule has 22 heavy (non-hydrogen) atoms. The van der Waals surface area contributed by atoms with E-state index in [1.54, 1.807) is 0 Å². The van der Waals surface area contributed by atoms with Crippen molar-refractivity contribution in [3.8, 4) is 0 Å². The van der Waals surface area contributed by atoms with Crippen LogP contribution in [0.1, 0.15) is 50.2 Å². The fourth-order valence-electron chi connectivity index (χ4n) is 2.57. The van der Waals surface area contributed by atoms with Gasteiger partial charge in [0.1, 0.15) is 0 Å². The van der Waals surface area contributed by atoms with E-state index in [-0.39, 0.29) is 5.91 Å². The molecule has 0 fully saturated rings. The average molecular weight is 295 g/mol. The third-order valence-corrected chi connectivity index (χ3v) is 4.09. The number of benzene rings is 2. The molecular weight excluding hydrogens is 270 g/mol. The number of amides is 1. The minimum Gasteiger partial charge on any atom is -0.326 e. The smallest absolute Gasteiger partial charge is 0.224 e. The standard InChI is InChI=1S/C20H25NO/c1-3-16(2)18-13-7-8-14-19(18)21-20(22)15-9-12-17-10-5-4-6-11-17/h4-8,10-11,13-14,16H,3,9,12,15H2,1-2H3,(H,21,22)/t16-/m0/s1. The number of rotatable bonds is 7. The number of para-hydroxylation sites is 1. The summed E-state index contributed by atoms with van der Waals surface area (Å²) >= 11 is 0. The van der Waals surface area contributed by atoms with E-state index in [1.165, 1.54) is 11.1 Å². The van der Waals surface area contributed by atoms with Gasteiger partial charge < -0.3 is 5.32 Å². The second kappa shape index (κ2) is 8.38. The van der Waals surface area contributed by atoms with E-state index in [4.69, 9.17) is 0 Å². The highest BCUT2D eigenvalue weighted by molar-refractivity contribution is 5.91. The van der Waals surface area contributed by atoms with Crippen LogP contribution in [0.3, 0.4) is 0 Å². The Kier molecular flexibility index (Phi) is 6.20. The van der Waals surface area contributed by atoms with Crippen molar-refractivity contribution in [3.63, 3.8) is 0 Å². The molecule has 2 heteroatoms. The van der Waals surface area contributed by atoms with Crippen molar-refractivity contribution in [1.29, 1.82) is 0 Å². The Morgan fingerprint density at radius 2 is 1.73 bits per heavy atom. The Balaban J connectivity index is 1.87. The maximum atomic E-state index is 12.2. The van der Waals surface area contributed by atoms with Gasteiger partial charge in [0, 0.05) is 12.1 Å². The van der Waals surface area contributed by atoms with Crippen molar-refractivity contribution in [2.24, 2.45) is 0 Å². The predicted octanol–water partition coefficient (Wildman–Crippen LogP) is 5.16. The first-order chi connectivity index (χ1) is 10.7. The highest BCUT2D eigenvalue weighted by atomic mass is 16.1. The van der Waals surface area contributed by atoms with Crippen LogP contribution < -0.4 is 5.32 Å². The number of carbonyl (C=O) groups excluding carboxylic acids is 1. The second-order valence-electron chi connectivity index (χ2n) is 5.78. The molecule has 0 saturated carbocycles. The normalized spacial score (nSPS) is 11.9. The Bertz CT molecular complexity index is 592. The fraction of sp³-hybridized carbons (Fsp3) is 0.350. The molecule has 0 bridgehead atoms. The van der Waals surface area contributed by atoms with Crippen LogP contribution in [-0.2, 0) is 11.2 Å². The molecule has 0 unspecified atom stereocenters. The van der Waals surface area contributed by atoms with E-state index >= 15 is 0 Å². The lowest BCUT2D eigenvalue weighted by molar-refractivity contribution is -0.116. The minimum absolute atomic E-state index is 0.103. The third kappa shape index (κ3) is 4.73. The van der Waals surface area contributed by atoms with Gasteiger partial charge >= 0.3 is 0 Å². The van der Waals surface area contributed by atoms with Crippen molar-refractivity contribution >= 4 is 11.6 Å². The Labute approximate surface area is 133 Å². The third-order valence-electron chi connectivity index (χ3n) is 4.09. The van der Waals surface area contributed by atoms with Crippen molar-refractivity contribution in [3.05, 3.63) is 65.7 Å². The molecule has 116 valence electrons. The van der Waals surface area contributed by atoms with Crippen LogP contribution in [0.4, 0.5) is 5.69 Å². The molecule has 2 rings (SSSR count). The highest BCUT2D eigenvalue weighted by Gasteiger charge is 2.10. The molecule has 0 aromatic heterocycles. The molecule has 1 N–H and O–H groups in total. The number of aryl methyl sites for hydroxylation is 1. The van der Waals surface area contributed by atoms with Gasteiger partial charge in [0.25, 0.3) is 0 Å². The maximum Gasteiger partial charge on any atom is 0.224 e. The average Bonchev–Trinajstić information content (AvgIpc) is 2.55. The van der Waals surface area contributed by atoms with Gasteiger partial charge in [-0.2, -0.15) is 0 Å². The molecule has 2 aromatic rings. The van der Waals surface area contributed by atoms with Crippen molar-refractivity contribution in [1.82, 2.24) is 0 Å². The van der Waals surface area contributed by atoms with Gasteiger partial charge in [0.05, 0.1) is 0 Å². The quantitative estimate of drug-likeness (QED) is 0.751. The number of hydrogen-bond acceptors (Lipinski definition) is 1. The van der Waals surface area contributed by atoms with Crippen LogP contribution >= 0.6 is 0 Å². The number of nitrogens with one attached hydrogen (secondary N) is 1. The molecule has 0 radical (unpaired) electrons. The lowest BCUT2D eigenvalue weighted by atomic mass is 9.97. The summed E-state index contributed by atoms with van der Waals surface area (Å²) in [5.41, 5.74) is 3.47. The van der Waals surface area contributed by atoms with Crippen LogP contribution in [0.5, 0.6) is 0 Å². The van der Waals surface area contributed by atoms with Crippen LogP contribution in [0.2, 0.25) is 0 Å². The number of hydrogen-bond donors (Lipinski definition) is 1. The number of anilines is 1. The second-order valence-corrected chi connectivity index (χ2v) is 5.78. The number of carbonyl (C=O) groups is 1. The van der Waals surface area contributed by atoms with Crippen LogP contribution in [0.25, 0.3) is 0 Å². The zero-order valence-electron chi connectivity index (χ0n) is 13.5. The van der Waals surface area contributed by atoms with Crippen molar-refractivity contribution in [2.75, 3.05) is 5.32 Å². The Morgan fingerprint density at radius 3 is 2.45 bits per heavy atom. The first-order valence-electron chi connectivity index (χ1n) is 8.13. The van der Waals surface area contributed by atoms with E-state index in [2.05, 4.69) is 37.4 Å².